The zero-order valence-electron chi connectivity index (χ0n) is 12.0. The van der Waals surface area contributed by atoms with Gasteiger partial charge < -0.3 is 9.64 Å². The summed E-state index contributed by atoms with van der Waals surface area (Å²) in [4.78, 5) is 17.9. The number of aromatic nitrogens is 1. The molecular formula is C16H17ClN2O2. The number of amides is 1. The van der Waals surface area contributed by atoms with Crippen molar-refractivity contribution in [1.82, 2.24) is 9.88 Å². The summed E-state index contributed by atoms with van der Waals surface area (Å²) in [5.74, 6) is 0.622. The van der Waals surface area contributed by atoms with Crippen molar-refractivity contribution in [2.24, 2.45) is 0 Å². The highest BCUT2D eigenvalue weighted by molar-refractivity contribution is 6.32. The number of carbonyl (C=O) groups excluding carboxylic acids is 1. The summed E-state index contributed by atoms with van der Waals surface area (Å²) in [5, 5.41) is 0.215. The minimum Gasteiger partial charge on any atom is -0.494 e. The number of pyridine rings is 1. The maximum atomic E-state index is 12.4. The van der Waals surface area contributed by atoms with Crippen molar-refractivity contribution in [3.05, 3.63) is 58.9 Å². The van der Waals surface area contributed by atoms with Gasteiger partial charge in [-0.25, -0.2) is 4.98 Å². The van der Waals surface area contributed by atoms with E-state index in [1.807, 2.05) is 31.2 Å². The molecule has 2 aromatic rings. The molecule has 0 bridgehead atoms. The minimum absolute atomic E-state index is 0.167. The summed E-state index contributed by atoms with van der Waals surface area (Å²) < 4.78 is 5.57. The van der Waals surface area contributed by atoms with Crippen LogP contribution in [0.25, 0.3) is 0 Å². The van der Waals surface area contributed by atoms with Gasteiger partial charge in [0.2, 0.25) is 0 Å². The third-order valence-corrected chi connectivity index (χ3v) is 3.32. The maximum absolute atomic E-state index is 12.4. The highest BCUT2D eigenvalue weighted by Crippen LogP contribution is 2.21. The van der Waals surface area contributed by atoms with Gasteiger partial charge in [0, 0.05) is 25.4 Å². The molecule has 0 unspecified atom stereocenters. The number of hydrogen-bond acceptors (Lipinski definition) is 3. The number of carbonyl (C=O) groups is 1. The quantitative estimate of drug-likeness (QED) is 0.795. The molecular weight excluding hydrogens is 288 g/mol. The molecule has 0 spiro atoms. The van der Waals surface area contributed by atoms with Crippen LogP contribution in [0.2, 0.25) is 5.15 Å². The van der Waals surface area contributed by atoms with Crippen LogP contribution in [0.1, 0.15) is 22.8 Å². The van der Waals surface area contributed by atoms with E-state index >= 15 is 0 Å². The zero-order chi connectivity index (χ0) is 15.2. The fourth-order valence-corrected chi connectivity index (χ4v) is 2.21. The Bertz CT molecular complexity index is 631. The molecule has 0 fully saturated rings. The van der Waals surface area contributed by atoms with Gasteiger partial charge in [0.05, 0.1) is 12.2 Å². The number of halogens is 1. The van der Waals surface area contributed by atoms with Gasteiger partial charge in [0.25, 0.3) is 5.91 Å². The van der Waals surface area contributed by atoms with E-state index in [0.717, 1.165) is 11.3 Å². The lowest BCUT2D eigenvalue weighted by Gasteiger charge is -2.19. The molecule has 4 nitrogen and oxygen atoms in total. The van der Waals surface area contributed by atoms with Crippen molar-refractivity contribution < 1.29 is 9.53 Å². The van der Waals surface area contributed by atoms with Crippen LogP contribution in [0, 0.1) is 0 Å². The Balaban J connectivity index is 2.17. The van der Waals surface area contributed by atoms with Crippen LogP contribution in [-0.2, 0) is 6.54 Å². The van der Waals surface area contributed by atoms with Crippen LogP contribution in [0.4, 0.5) is 0 Å². The van der Waals surface area contributed by atoms with Gasteiger partial charge >= 0.3 is 0 Å². The Morgan fingerprint density at radius 1 is 1.29 bits per heavy atom. The van der Waals surface area contributed by atoms with Gasteiger partial charge in [-0.15, -0.1) is 0 Å². The van der Waals surface area contributed by atoms with Crippen LogP contribution in [0.15, 0.2) is 42.6 Å². The highest BCUT2D eigenvalue weighted by atomic mass is 35.5. The number of benzene rings is 1. The van der Waals surface area contributed by atoms with Gasteiger partial charge in [-0.05, 0) is 25.1 Å². The lowest BCUT2D eigenvalue weighted by molar-refractivity contribution is 0.0784. The molecule has 0 N–H and O–H groups in total. The lowest BCUT2D eigenvalue weighted by Crippen LogP contribution is -2.26. The molecule has 0 aliphatic carbocycles. The Hall–Kier alpha value is -2.07. The van der Waals surface area contributed by atoms with Crippen molar-refractivity contribution in [3.8, 4) is 5.75 Å². The van der Waals surface area contributed by atoms with Gasteiger partial charge in [0.1, 0.15) is 10.9 Å². The second-order valence-corrected chi connectivity index (χ2v) is 4.90. The number of hydrogen-bond donors (Lipinski definition) is 0. The topological polar surface area (TPSA) is 42.4 Å². The lowest BCUT2D eigenvalue weighted by atomic mass is 10.1. The molecule has 0 atom stereocenters. The zero-order valence-corrected chi connectivity index (χ0v) is 12.8. The summed E-state index contributed by atoms with van der Waals surface area (Å²) in [6, 6.07) is 11.0. The molecule has 5 heteroatoms. The van der Waals surface area contributed by atoms with E-state index in [1.54, 1.807) is 30.3 Å². The predicted octanol–water partition coefficient (Wildman–Crippen LogP) is 3.41. The Kier molecular flexibility index (Phi) is 5.17. The van der Waals surface area contributed by atoms with Gasteiger partial charge in [-0.2, -0.15) is 0 Å². The van der Waals surface area contributed by atoms with E-state index in [1.165, 1.54) is 0 Å². The Labute approximate surface area is 129 Å². The van der Waals surface area contributed by atoms with Gasteiger partial charge in [-0.3, -0.25) is 4.79 Å². The van der Waals surface area contributed by atoms with Crippen LogP contribution >= 0.6 is 11.6 Å². The van der Waals surface area contributed by atoms with Crippen molar-refractivity contribution in [3.63, 3.8) is 0 Å². The maximum Gasteiger partial charge on any atom is 0.257 e. The molecule has 0 radical (unpaired) electrons. The van der Waals surface area contributed by atoms with E-state index in [4.69, 9.17) is 16.3 Å². The molecule has 2 rings (SSSR count). The Morgan fingerprint density at radius 3 is 2.76 bits per heavy atom. The molecule has 0 saturated heterocycles. The first-order chi connectivity index (χ1) is 10.1. The molecule has 1 aromatic heterocycles. The van der Waals surface area contributed by atoms with Gasteiger partial charge in [0.15, 0.2) is 0 Å². The summed E-state index contributed by atoms with van der Waals surface area (Å²) in [6.07, 6.45) is 1.56. The second kappa shape index (κ2) is 7.09. The first-order valence-electron chi connectivity index (χ1n) is 6.70. The fraction of sp³-hybridized carbons (Fsp3) is 0.250. The second-order valence-electron chi connectivity index (χ2n) is 4.54. The third kappa shape index (κ3) is 3.73. The van der Waals surface area contributed by atoms with Crippen LogP contribution < -0.4 is 4.74 Å². The van der Waals surface area contributed by atoms with Crippen molar-refractivity contribution in [2.75, 3.05) is 13.7 Å². The van der Waals surface area contributed by atoms with Crippen LogP contribution in [0.3, 0.4) is 0 Å². The number of rotatable bonds is 5. The summed E-state index contributed by atoms with van der Waals surface area (Å²) in [5.41, 5.74) is 1.35. The molecule has 1 amide bonds. The van der Waals surface area contributed by atoms with Crippen LogP contribution in [-0.4, -0.2) is 29.4 Å². The summed E-state index contributed by atoms with van der Waals surface area (Å²) in [6.45, 7) is 2.96. The SMILES string of the molecule is CCOc1ccccc1CN(C)C(=O)c1cccnc1Cl. The smallest absolute Gasteiger partial charge is 0.257 e. The predicted molar refractivity (Wildman–Crippen MR) is 82.7 cm³/mol. The average Bonchev–Trinajstić information content (AvgIpc) is 2.49. The minimum atomic E-state index is -0.167. The molecule has 0 aliphatic rings. The normalized spacial score (nSPS) is 10.2. The monoisotopic (exact) mass is 304 g/mol. The summed E-state index contributed by atoms with van der Waals surface area (Å²) in [7, 11) is 1.73. The third-order valence-electron chi connectivity index (χ3n) is 3.02. The average molecular weight is 305 g/mol. The summed E-state index contributed by atoms with van der Waals surface area (Å²) >= 11 is 5.96. The van der Waals surface area contributed by atoms with Crippen molar-refractivity contribution in [1.29, 1.82) is 0 Å². The van der Waals surface area contributed by atoms with Crippen molar-refractivity contribution >= 4 is 17.5 Å². The first kappa shape index (κ1) is 15.3. The highest BCUT2D eigenvalue weighted by Gasteiger charge is 2.17. The Morgan fingerprint density at radius 2 is 2.05 bits per heavy atom. The van der Waals surface area contributed by atoms with E-state index in [-0.39, 0.29) is 11.1 Å². The number of ether oxygens (including phenoxy) is 1. The molecule has 110 valence electrons. The van der Waals surface area contributed by atoms with E-state index in [9.17, 15) is 4.79 Å². The molecule has 0 aliphatic heterocycles. The van der Waals surface area contributed by atoms with E-state index in [2.05, 4.69) is 4.98 Å². The van der Waals surface area contributed by atoms with Crippen molar-refractivity contribution in [2.45, 2.75) is 13.5 Å². The number of nitrogens with zero attached hydrogens (tertiary/aromatic N) is 2. The molecule has 0 saturated carbocycles. The molecule has 1 heterocycles. The standard InChI is InChI=1S/C16H17ClN2O2/c1-3-21-14-9-5-4-7-12(14)11-19(2)16(20)13-8-6-10-18-15(13)17/h4-10H,3,11H2,1-2H3. The van der Waals surface area contributed by atoms with Crippen LogP contribution in [0.5, 0.6) is 5.75 Å². The number of para-hydroxylation sites is 1. The van der Waals surface area contributed by atoms with E-state index in [0.29, 0.717) is 18.7 Å². The van der Waals surface area contributed by atoms with E-state index < -0.39 is 0 Å². The largest absolute Gasteiger partial charge is 0.494 e. The fourth-order valence-electron chi connectivity index (χ4n) is 2.01. The van der Waals surface area contributed by atoms with Gasteiger partial charge in [-0.1, -0.05) is 29.8 Å². The molecule has 21 heavy (non-hydrogen) atoms. The molecule has 1 aromatic carbocycles. The first-order valence-corrected chi connectivity index (χ1v) is 7.08.